The van der Waals surface area contributed by atoms with E-state index in [1.54, 1.807) is 7.11 Å². The van der Waals surface area contributed by atoms with E-state index < -0.39 is 0 Å². The van der Waals surface area contributed by atoms with E-state index in [4.69, 9.17) is 4.74 Å². The van der Waals surface area contributed by atoms with Gasteiger partial charge in [-0.2, -0.15) is 5.10 Å². The highest BCUT2D eigenvalue weighted by Crippen LogP contribution is 2.27. The zero-order chi connectivity index (χ0) is 19.2. The highest BCUT2D eigenvalue weighted by Gasteiger charge is 2.26. The summed E-state index contributed by atoms with van der Waals surface area (Å²) in [5.74, 6) is 2.93. The van der Waals surface area contributed by atoms with Gasteiger partial charge in [-0.3, -0.25) is 9.67 Å². The van der Waals surface area contributed by atoms with Crippen LogP contribution in [0.15, 0.2) is 41.7 Å². The third-order valence-electron chi connectivity index (χ3n) is 5.44. The molecule has 1 N–H and O–H groups in total. The molecule has 2 aromatic rings. The van der Waals surface area contributed by atoms with Crippen molar-refractivity contribution in [2.24, 2.45) is 12.0 Å². The number of hydrogen-bond acceptors (Lipinski definition) is 3. The fourth-order valence-electron chi connectivity index (χ4n) is 3.71. The summed E-state index contributed by atoms with van der Waals surface area (Å²) in [6.45, 7) is 5.21. The molecule has 2 heterocycles. The van der Waals surface area contributed by atoms with Crippen molar-refractivity contribution in [3.8, 4) is 5.75 Å². The van der Waals surface area contributed by atoms with E-state index in [-0.39, 0.29) is 0 Å². The van der Waals surface area contributed by atoms with Crippen molar-refractivity contribution < 1.29 is 4.74 Å². The van der Waals surface area contributed by atoms with Crippen LogP contribution >= 0.6 is 0 Å². The fraction of sp³-hybridized carbons (Fsp3) is 0.524. The number of nitrogens with one attached hydrogen (secondary N) is 1. The lowest BCUT2D eigenvalue weighted by Crippen LogP contribution is -2.40. The molecule has 0 bridgehead atoms. The summed E-state index contributed by atoms with van der Waals surface area (Å²) in [5.41, 5.74) is 2.66. The Morgan fingerprint density at radius 3 is 2.78 bits per heavy atom. The van der Waals surface area contributed by atoms with Gasteiger partial charge in [-0.15, -0.1) is 0 Å². The molecule has 1 aromatic heterocycles. The molecule has 27 heavy (non-hydrogen) atoms. The van der Waals surface area contributed by atoms with Crippen LogP contribution in [0.4, 0.5) is 0 Å². The smallest absolute Gasteiger partial charge is 0.193 e. The molecule has 1 fully saturated rings. The zero-order valence-corrected chi connectivity index (χ0v) is 16.9. The number of guanidine groups is 1. The van der Waals surface area contributed by atoms with E-state index in [0.717, 1.165) is 44.2 Å². The van der Waals surface area contributed by atoms with Gasteiger partial charge in [0.2, 0.25) is 0 Å². The van der Waals surface area contributed by atoms with Gasteiger partial charge in [0.1, 0.15) is 5.75 Å². The average molecular weight is 370 g/mol. The van der Waals surface area contributed by atoms with Crippen LogP contribution < -0.4 is 10.1 Å². The van der Waals surface area contributed by atoms with E-state index in [1.807, 2.05) is 37.1 Å². The van der Waals surface area contributed by atoms with Crippen molar-refractivity contribution in [2.75, 3.05) is 33.8 Å². The van der Waals surface area contributed by atoms with Crippen LogP contribution in [0.3, 0.4) is 0 Å². The Hall–Kier alpha value is -2.50. The first-order valence-electron chi connectivity index (χ1n) is 9.68. The number of likely N-dealkylation sites (tertiary alicyclic amines) is 1. The number of methoxy groups -OCH3 is 1. The number of rotatable bonds is 6. The summed E-state index contributed by atoms with van der Waals surface area (Å²) in [6.07, 6.45) is 6.32. The number of nitrogens with zero attached hydrogens (tertiary/aromatic N) is 4. The Morgan fingerprint density at radius 2 is 2.15 bits per heavy atom. The highest BCUT2D eigenvalue weighted by atomic mass is 16.5. The minimum Gasteiger partial charge on any atom is -0.497 e. The fourth-order valence-corrected chi connectivity index (χ4v) is 3.71. The molecular weight excluding hydrogens is 338 g/mol. The summed E-state index contributed by atoms with van der Waals surface area (Å²) in [5, 5.41) is 7.85. The minimum absolute atomic E-state index is 0.489. The molecule has 1 saturated heterocycles. The predicted octanol–water partition coefficient (Wildman–Crippen LogP) is 2.99. The average Bonchev–Trinajstić information content (AvgIpc) is 3.34. The predicted molar refractivity (Wildman–Crippen MR) is 110 cm³/mol. The van der Waals surface area contributed by atoms with Gasteiger partial charge in [-0.25, -0.2) is 0 Å². The molecule has 1 aliphatic rings. The van der Waals surface area contributed by atoms with E-state index >= 15 is 0 Å². The second-order valence-electron chi connectivity index (χ2n) is 7.32. The molecule has 6 heteroatoms. The Morgan fingerprint density at radius 1 is 1.37 bits per heavy atom. The van der Waals surface area contributed by atoms with E-state index in [0.29, 0.717) is 11.8 Å². The van der Waals surface area contributed by atoms with E-state index in [9.17, 15) is 0 Å². The SMILES string of the molecule is CN=C(NCCC(C)c1ccc(OC)cc1)N1CCC(c2cnn(C)c2)C1. The number of benzene rings is 1. The summed E-state index contributed by atoms with van der Waals surface area (Å²) in [7, 11) is 5.54. The molecule has 0 radical (unpaired) electrons. The van der Waals surface area contributed by atoms with Crippen LogP contribution in [0, 0.1) is 0 Å². The summed E-state index contributed by atoms with van der Waals surface area (Å²) >= 11 is 0. The topological polar surface area (TPSA) is 54.7 Å². The third kappa shape index (κ3) is 4.81. The number of ether oxygens (including phenoxy) is 1. The second kappa shape index (κ2) is 8.93. The first kappa shape index (κ1) is 19.3. The first-order valence-corrected chi connectivity index (χ1v) is 9.68. The van der Waals surface area contributed by atoms with Crippen molar-refractivity contribution in [2.45, 2.75) is 31.6 Å². The summed E-state index contributed by atoms with van der Waals surface area (Å²) < 4.78 is 7.12. The van der Waals surface area contributed by atoms with Gasteiger partial charge < -0.3 is 15.0 Å². The maximum absolute atomic E-state index is 5.24. The van der Waals surface area contributed by atoms with Crippen molar-refractivity contribution in [3.05, 3.63) is 47.8 Å². The van der Waals surface area contributed by atoms with Crippen LogP contribution in [0.2, 0.25) is 0 Å². The maximum atomic E-state index is 5.24. The van der Waals surface area contributed by atoms with Gasteiger partial charge in [-0.05, 0) is 42.0 Å². The molecule has 2 atom stereocenters. The van der Waals surface area contributed by atoms with E-state index in [2.05, 4.69) is 45.6 Å². The lowest BCUT2D eigenvalue weighted by atomic mass is 9.98. The number of aliphatic imine (C=N–C) groups is 1. The van der Waals surface area contributed by atoms with E-state index in [1.165, 1.54) is 11.1 Å². The molecule has 0 saturated carbocycles. The molecule has 146 valence electrons. The molecule has 1 aromatic carbocycles. The summed E-state index contributed by atoms with van der Waals surface area (Å²) in [4.78, 5) is 6.85. The molecule has 1 aliphatic heterocycles. The normalized spacial score (nSPS) is 18.6. The van der Waals surface area contributed by atoms with Gasteiger partial charge in [0, 0.05) is 45.8 Å². The molecule has 2 unspecified atom stereocenters. The Kier molecular flexibility index (Phi) is 6.37. The molecule has 6 nitrogen and oxygen atoms in total. The van der Waals surface area contributed by atoms with Crippen molar-refractivity contribution in [1.29, 1.82) is 0 Å². The highest BCUT2D eigenvalue weighted by molar-refractivity contribution is 5.80. The number of aryl methyl sites for hydroxylation is 1. The van der Waals surface area contributed by atoms with Gasteiger partial charge in [0.25, 0.3) is 0 Å². The minimum atomic E-state index is 0.489. The molecule has 3 rings (SSSR count). The first-order chi connectivity index (χ1) is 13.1. The lowest BCUT2D eigenvalue weighted by molar-refractivity contribution is 0.414. The second-order valence-corrected chi connectivity index (χ2v) is 7.32. The van der Waals surface area contributed by atoms with Gasteiger partial charge in [-0.1, -0.05) is 19.1 Å². The Labute approximate surface area is 162 Å². The number of hydrogen-bond donors (Lipinski definition) is 1. The molecule has 0 spiro atoms. The zero-order valence-electron chi connectivity index (χ0n) is 16.9. The van der Waals surface area contributed by atoms with Crippen LogP contribution in [0.25, 0.3) is 0 Å². The van der Waals surface area contributed by atoms with Gasteiger partial charge in [0.05, 0.1) is 13.3 Å². The summed E-state index contributed by atoms with van der Waals surface area (Å²) in [6, 6.07) is 8.36. The quantitative estimate of drug-likeness (QED) is 0.628. The maximum Gasteiger partial charge on any atom is 0.193 e. The van der Waals surface area contributed by atoms with Crippen molar-refractivity contribution in [1.82, 2.24) is 20.0 Å². The van der Waals surface area contributed by atoms with Crippen LogP contribution in [0.5, 0.6) is 5.75 Å². The Balaban J connectivity index is 1.47. The van der Waals surface area contributed by atoms with Crippen LogP contribution in [-0.4, -0.2) is 54.4 Å². The standard InChI is InChI=1S/C21H31N5O/c1-16(17-5-7-20(27-4)8-6-17)9-11-23-21(22-2)26-12-10-18(15-26)19-13-24-25(3)14-19/h5-8,13-14,16,18H,9-12,15H2,1-4H3,(H,22,23). The molecule has 0 aliphatic carbocycles. The monoisotopic (exact) mass is 369 g/mol. The van der Waals surface area contributed by atoms with Crippen molar-refractivity contribution in [3.63, 3.8) is 0 Å². The lowest BCUT2D eigenvalue weighted by Gasteiger charge is -2.22. The molecular formula is C21H31N5O. The van der Waals surface area contributed by atoms with Gasteiger partial charge >= 0.3 is 0 Å². The third-order valence-corrected chi connectivity index (χ3v) is 5.44. The van der Waals surface area contributed by atoms with Crippen LogP contribution in [-0.2, 0) is 7.05 Å². The Bertz CT molecular complexity index is 752. The largest absolute Gasteiger partial charge is 0.497 e. The van der Waals surface area contributed by atoms with Crippen LogP contribution in [0.1, 0.15) is 42.7 Å². The number of aromatic nitrogens is 2. The molecule has 0 amide bonds. The van der Waals surface area contributed by atoms with Crippen molar-refractivity contribution >= 4 is 5.96 Å². The van der Waals surface area contributed by atoms with Gasteiger partial charge in [0.15, 0.2) is 5.96 Å².